The van der Waals surface area contributed by atoms with E-state index in [1.54, 1.807) is 12.3 Å². The summed E-state index contributed by atoms with van der Waals surface area (Å²) in [6.07, 6.45) is 5.39. The maximum atomic E-state index is 11.4. The molecule has 1 aromatic rings. The molecule has 1 aromatic heterocycles. The predicted octanol–water partition coefficient (Wildman–Crippen LogP) is 2.00. The molecule has 3 N–H and O–H groups in total. The highest BCUT2D eigenvalue weighted by Gasteiger charge is 2.27. The highest BCUT2D eigenvalue weighted by molar-refractivity contribution is 6.30. The smallest absolute Gasteiger partial charge is 0.236 e. The minimum atomic E-state index is -0.0532. The van der Waals surface area contributed by atoms with Gasteiger partial charge >= 0.3 is 0 Å². The van der Waals surface area contributed by atoms with Crippen LogP contribution in [0.15, 0.2) is 18.3 Å². The van der Waals surface area contributed by atoms with Gasteiger partial charge in [-0.1, -0.05) is 11.6 Å². The predicted molar refractivity (Wildman–Crippen MR) is 66.3 cm³/mol. The van der Waals surface area contributed by atoms with Gasteiger partial charge in [-0.25, -0.2) is 5.84 Å². The van der Waals surface area contributed by atoms with Gasteiger partial charge in [0.1, 0.15) is 0 Å². The van der Waals surface area contributed by atoms with Gasteiger partial charge in [-0.15, -0.1) is 0 Å². The van der Waals surface area contributed by atoms with E-state index in [9.17, 15) is 4.79 Å². The average molecular weight is 254 g/mol. The zero-order valence-electron chi connectivity index (χ0n) is 9.53. The Bertz CT molecular complexity index is 402. The number of hydrogen-bond acceptors (Lipinski definition) is 3. The zero-order valence-corrected chi connectivity index (χ0v) is 10.3. The van der Waals surface area contributed by atoms with E-state index in [4.69, 9.17) is 17.4 Å². The Morgan fingerprint density at radius 2 is 2.12 bits per heavy atom. The second kappa shape index (κ2) is 5.47. The molecule has 2 rings (SSSR count). The highest BCUT2D eigenvalue weighted by Crippen LogP contribution is 2.35. The van der Waals surface area contributed by atoms with Gasteiger partial charge in [0.25, 0.3) is 0 Å². The zero-order chi connectivity index (χ0) is 12.3. The first-order valence-corrected chi connectivity index (χ1v) is 6.20. The van der Waals surface area contributed by atoms with E-state index in [0.29, 0.717) is 5.92 Å². The van der Waals surface area contributed by atoms with Gasteiger partial charge in [-0.05, 0) is 37.8 Å². The van der Waals surface area contributed by atoms with Crippen LogP contribution >= 0.6 is 11.6 Å². The van der Waals surface area contributed by atoms with Crippen molar-refractivity contribution in [3.63, 3.8) is 0 Å². The van der Waals surface area contributed by atoms with Crippen LogP contribution in [0.4, 0.5) is 0 Å². The third-order valence-corrected chi connectivity index (χ3v) is 3.64. The number of nitrogens with one attached hydrogen (secondary N) is 1. The summed E-state index contributed by atoms with van der Waals surface area (Å²) in [5, 5.41) is 0.719. The van der Waals surface area contributed by atoms with E-state index in [-0.39, 0.29) is 11.8 Å². The Hall–Kier alpha value is -1.13. The summed E-state index contributed by atoms with van der Waals surface area (Å²) in [7, 11) is 0. The topological polar surface area (TPSA) is 68.0 Å². The molecule has 1 saturated carbocycles. The van der Waals surface area contributed by atoms with Crippen LogP contribution in [0.2, 0.25) is 5.02 Å². The van der Waals surface area contributed by atoms with Crippen molar-refractivity contribution in [2.75, 3.05) is 0 Å². The molecule has 4 nitrogen and oxygen atoms in total. The lowest BCUT2D eigenvalue weighted by molar-refractivity contribution is -0.126. The summed E-state index contributed by atoms with van der Waals surface area (Å²) in [5.74, 6) is 5.55. The van der Waals surface area contributed by atoms with Crippen molar-refractivity contribution in [1.82, 2.24) is 10.4 Å². The van der Waals surface area contributed by atoms with Crippen molar-refractivity contribution in [2.45, 2.75) is 31.6 Å². The van der Waals surface area contributed by atoms with Crippen molar-refractivity contribution in [1.29, 1.82) is 0 Å². The number of halogens is 1. The van der Waals surface area contributed by atoms with Crippen molar-refractivity contribution in [3.05, 3.63) is 29.0 Å². The summed E-state index contributed by atoms with van der Waals surface area (Å²) in [6, 6.07) is 3.69. The maximum Gasteiger partial charge on any atom is 0.236 e. The summed E-state index contributed by atoms with van der Waals surface area (Å²) in [4.78, 5) is 15.7. The van der Waals surface area contributed by atoms with Gasteiger partial charge < -0.3 is 0 Å². The van der Waals surface area contributed by atoms with Gasteiger partial charge in [-0.3, -0.25) is 15.2 Å². The third-order valence-electron chi connectivity index (χ3n) is 3.40. The van der Waals surface area contributed by atoms with E-state index in [1.165, 1.54) is 0 Å². The van der Waals surface area contributed by atoms with Crippen LogP contribution in [-0.4, -0.2) is 10.9 Å². The number of nitrogens with zero attached hydrogens (tertiary/aromatic N) is 1. The summed E-state index contributed by atoms with van der Waals surface area (Å²) in [6.45, 7) is 0. The third kappa shape index (κ3) is 2.96. The Morgan fingerprint density at radius 3 is 2.71 bits per heavy atom. The molecule has 1 amide bonds. The molecule has 17 heavy (non-hydrogen) atoms. The van der Waals surface area contributed by atoms with Gasteiger partial charge in [0, 0.05) is 28.7 Å². The maximum absolute atomic E-state index is 11.4. The monoisotopic (exact) mass is 253 g/mol. The molecule has 1 aliphatic carbocycles. The van der Waals surface area contributed by atoms with E-state index in [2.05, 4.69) is 10.4 Å². The van der Waals surface area contributed by atoms with Crippen LogP contribution in [0.25, 0.3) is 0 Å². The van der Waals surface area contributed by atoms with Crippen LogP contribution in [-0.2, 0) is 4.79 Å². The molecule has 92 valence electrons. The number of carbonyl (C=O) groups excluding carboxylic acids is 1. The van der Waals surface area contributed by atoms with E-state index in [0.717, 1.165) is 36.4 Å². The number of amides is 1. The standard InChI is InChI=1S/C12H16ClN3O/c13-10-5-6-15-11(7-10)8-1-3-9(4-2-8)12(17)16-14/h5-9H,1-4,14H2,(H,16,17). The first-order valence-electron chi connectivity index (χ1n) is 5.82. The van der Waals surface area contributed by atoms with Crippen molar-refractivity contribution >= 4 is 17.5 Å². The fourth-order valence-electron chi connectivity index (χ4n) is 2.41. The van der Waals surface area contributed by atoms with Gasteiger partial charge in [0.2, 0.25) is 5.91 Å². The first kappa shape index (κ1) is 12.3. The van der Waals surface area contributed by atoms with Crippen molar-refractivity contribution < 1.29 is 4.79 Å². The van der Waals surface area contributed by atoms with Crippen LogP contribution in [0.5, 0.6) is 0 Å². The Labute approximate surface area is 106 Å². The van der Waals surface area contributed by atoms with E-state index >= 15 is 0 Å². The number of rotatable bonds is 2. The molecule has 0 saturated heterocycles. The van der Waals surface area contributed by atoms with Crippen LogP contribution < -0.4 is 11.3 Å². The van der Waals surface area contributed by atoms with Crippen LogP contribution in [0.1, 0.15) is 37.3 Å². The fraction of sp³-hybridized carbons (Fsp3) is 0.500. The number of carbonyl (C=O) groups is 1. The lowest BCUT2D eigenvalue weighted by Crippen LogP contribution is -2.37. The molecule has 0 spiro atoms. The van der Waals surface area contributed by atoms with Crippen LogP contribution in [0, 0.1) is 5.92 Å². The molecule has 1 aliphatic rings. The largest absolute Gasteiger partial charge is 0.294 e. The number of nitrogens with two attached hydrogens (primary N) is 1. The second-order valence-electron chi connectivity index (χ2n) is 4.46. The molecule has 0 atom stereocenters. The quantitative estimate of drug-likeness (QED) is 0.481. The van der Waals surface area contributed by atoms with Gasteiger partial charge in [0.05, 0.1) is 0 Å². The molecule has 1 fully saturated rings. The Kier molecular flexibility index (Phi) is 3.97. The molecule has 5 heteroatoms. The molecule has 1 heterocycles. The fourth-order valence-corrected chi connectivity index (χ4v) is 2.58. The van der Waals surface area contributed by atoms with Crippen molar-refractivity contribution in [2.24, 2.45) is 11.8 Å². The average Bonchev–Trinajstić information content (AvgIpc) is 2.38. The first-order chi connectivity index (χ1) is 8.20. The molecule has 0 unspecified atom stereocenters. The van der Waals surface area contributed by atoms with Gasteiger partial charge in [-0.2, -0.15) is 0 Å². The number of hydrazine groups is 1. The van der Waals surface area contributed by atoms with Crippen molar-refractivity contribution in [3.8, 4) is 0 Å². The highest BCUT2D eigenvalue weighted by atomic mass is 35.5. The minimum absolute atomic E-state index is 0.0513. The molecule has 0 aromatic carbocycles. The molecule has 0 aliphatic heterocycles. The lowest BCUT2D eigenvalue weighted by atomic mass is 9.80. The van der Waals surface area contributed by atoms with E-state index < -0.39 is 0 Å². The summed E-state index contributed by atoms with van der Waals surface area (Å²) in [5.41, 5.74) is 3.25. The van der Waals surface area contributed by atoms with Crippen LogP contribution in [0.3, 0.4) is 0 Å². The molecule has 0 bridgehead atoms. The number of hydrogen-bond donors (Lipinski definition) is 2. The molecular formula is C12H16ClN3O. The SMILES string of the molecule is NNC(=O)C1CCC(c2cc(Cl)ccn2)CC1. The number of aromatic nitrogens is 1. The molecular weight excluding hydrogens is 238 g/mol. The Balaban J connectivity index is 1.97. The second-order valence-corrected chi connectivity index (χ2v) is 4.89. The van der Waals surface area contributed by atoms with E-state index in [1.807, 2.05) is 6.07 Å². The summed E-state index contributed by atoms with van der Waals surface area (Å²) >= 11 is 5.94. The molecule has 0 radical (unpaired) electrons. The van der Waals surface area contributed by atoms with Gasteiger partial charge in [0.15, 0.2) is 0 Å². The normalized spacial score (nSPS) is 24.4. The summed E-state index contributed by atoms with van der Waals surface area (Å²) < 4.78 is 0. The minimum Gasteiger partial charge on any atom is -0.294 e. The lowest BCUT2D eigenvalue weighted by Gasteiger charge is -2.26. The Morgan fingerprint density at radius 1 is 1.41 bits per heavy atom. The number of pyridine rings is 1.